The van der Waals surface area contributed by atoms with Gasteiger partial charge in [-0.05, 0) is 24.1 Å². The molecule has 0 amide bonds. The molecule has 1 aromatic rings. The van der Waals surface area contributed by atoms with Crippen molar-refractivity contribution in [3.8, 4) is 5.75 Å². The maximum atomic E-state index is 12.6. The van der Waals surface area contributed by atoms with Crippen LogP contribution in [0.15, 0.2) is 24.3 Å². The predicted octanol–water partition coefficient (Wildman–Crippen LogP) is 4.22. The van der Waals surface area contributed by atoms with Crippen LogP contribution < -0.4 is 10.5 Å². The molecule has 0 saturated heterocycles. The van der Waals surface area contributed by atoms with Gasteiger partial charge < -0.3 is 10.5 Å². The molecular formula is C13H15F6NO. The highest BCUT2D eigenvalue weighted by Crippen LogP contribution is 2.45. The van der Waals surface area contributed by atoms with Crippen molar-refractivity contribution in [2.45, 2.75) is 31.7 Å². The van der Waals surface area contributed by atoms with Crippen molar-refractivity contribution in [3.63, 3.8) is 0 Å². The molecule has 120 valence electrons. The van der Waals surface area contributed by atoms with Crippen molar-refractivity contribution in [3.05, 3.63) is 29.8 Å². The quantitative estimate of drug-likeness (QED) is 0.826. The molecule has 1 aromatic carbocycles. The summed E-state index contributed by atoms with van der Waals surface area (Å²) in [6, 6.07) is 2.61. The minimum absolute atomic E-state index is 0.251. The first-order valence-corrected chi connectivity index (χ1v) is 6.19. The number of ether oxygens (including phenoxy) is 1. The SMILES string of the molecule is CCCOc1ccc(C(N)C(C(F)(F)F)C(F)(F)F)cc1. The Kier molecular flexibility index (Phi) is 5.49. The molecule has 0 spiro atoms. The van der Waals surface area contributed by atoms with E-state index in [0.29, 0.717) is 12.4 Å². The number of nitrogens with two attached hydrogens (primary N) is 1. The largest absolute Gasteiger partial charge is 0.494 e. The zero-order valence-electron chi connectivity index (χ0n) is 11.1. The summed E-state index contributed by atoms with van der Waals surface area (Å²) in [4.78, 5) is 0. The second-order valence-electron chi connectivity index (χ2n) is 4.50. The molecule has 0 aliphatic rings. The van der Waals surface area contributed by atoms with E-state index in [2.05, 4.69) is 0 Å². The third-order valence-electron chi connectivity index (χ3n) is 2.80. The molecule has 2 N–H and O–H groups in total. The molecule has 0 aliphatic carbocycles. The van der Waals surface area contributed by atoms with Gasteiger partial charge in [-0.2, -0.15) is 26.3 Å². The molecule has 0 fully saturated rings. The highest BCUT2D eigenvalue weighted by atomic mass is 19.4. The molecular weight excluding hydrogens is 300 g/mol. The maximum Gasteiger partial charge on any atom is 0.402 e. The van der Waals surface area contributed by atoms with Crippen LogP contribution in [-0.2, 0) is 0 Å². The lowest BCUT2D eigenvalue weighted by Gasteiger charge is -2.28. The highest BCUT2D eigenvalue weighted by molar-refractivity contribution is 5.29. The van der Waals surface area contributed by atoms with Crippen molar-refractivity contribution in [1.82, 2.24) is 0 Å². The van der Waals surface area contributed by atoms with Gasteiger partial charge in [-0.3, -0.25) is 0 Å². The molecule has 0 aliphatic heterocycles. The summed E-state index contributed by atoms with van der Waals surface area (Å²) in [5.41, 5.74) is 4.93. The van der Waals surface area contributed by atoms with Crippen LogP contribution in [0, 0.1) is 5.92 Å². The number of hydrogen-bond acceptors (Lipinski definition) is 2. The summed E-state index contributed by atoms with van der Waals surface area (Å²) in [6.07, 6.45) is -10.2. The second-order valence-corrected chi connectivity index (χ2v) is 4.50. The molecule has 8 heteroatoms. The summed E-state index contributed by atoms with van der Waals surface area (Å²) in [5, 5.41) is 0. The van der Waals surface area contributed by atoms with E-state index >= 15 is 0 Å². The molecule has 1 atom stereocenters. The first kappa shape index (κ1) is 17.6. The van der Waals surface area contributed by atoms with Crippen LogP contribution in [0.1, 0.15) is 24.9 Å². The Morgan fingerprint density at radius 3 is 1.86 bits per heavy atom. The standard InChI is InChI=1S/C13H15F6NO/c1-2-7-21-9-5-3-8(4-6-9)10(20)11(12(14,15)16)13(17,18)19/h3-6,10-11H,2,7,20H2,1H3. The van der Waals surface area contributed by atoms with E-state index in [0.717, 1.165) is 18.6 Å². The van der Waals surface area contributed by atoms with Crippen LogP contribution in [0.25, 0.3) is 0 Å². The number of halogens is 6. The van der Waals surface area contributed by atoms with Gasteiger partial charge in [0, 0.05) is 0 Å². The first-order chi connectivity index (χ1) is 9.57. The Labute approximate surface area is 117 Å². The normalized spacial score (nSPS) is 14.3. The second kappa shape index (κ2) is 6.55. The van der Waals surface area contributed by atoms with Crippen LogP contribution in [0.4, 0.5) is 26.3 Å². The fraction of sp³-hybridized carbons (Fsp3) is 0.538. The summed E-state index contributed by atoms with van der Waals surface area (Å²) in [7, 11) is 0. The number of benzene rings is 1. The topological polar surface area (TPSA) is 35.2 Å². The molecule has 2 nitrogen and oxygen atoms in total. The molecule has 1 rings (SSSR count). The minimum atomic E-state index is -5.46. The first-order valence-electron chi connectivity index (χ1n) is 6.19. The molecule has 0 saturated carbocycles. The van der Waals surface area contributed by atoms with Gasteiger partial charge >= 0.3 is 12.4 Å². The molecule has 0 aromatic heterocycles. The van der Waals surface area contributed by atoms with Gasteiger partial charge in [0.05, 0.1) is 12.6 Å². The van der Waals surface area contributed by atoms with Crippen LogP contribution >= 0.6 is 0 Å². The summed E-state index contributed by atoms with van der Waals surface area (Å²) < 4.78 is 80.6. The Morgan fingerprint density at radius 2 is 1.48 bits per heavy atom. The lowest BCUT2D eigenvalue weighted by Crippen LogP contribution is -2.43. The zero-order chi connectivity index (χ0) is 16.3. The smallest absolute Gasteiger partial charge is 0.402 e. The third-order valence-corrected chi connectivity index (χ3v) is 2.80. The average Bonchev–Trinajstić information content (AvgIpc) is 2.33. The van der Waals surface area contributed by atoms with E-state index in [1.54, 1.807) is 0 Å². The number of alkyl halides is 6. The van der Waals surface area contributed by atoms with Gasteiger partial charge in [0.15, 0.2) is 5.92 Å². The fourth-order valence-corrected chi connectivity index (χ4v) is 1.79. The zero-order valence-corrected chi connectivity index (χ0v) is 11.1. The lowest BCUT2D eigenvalue weighted by molar-refractivity contribution is -0.290. The van der Waals surface area contributed by atoms with Crippen molar-refractivity contribution < 1.29 is 31.1 Å². The van der Waals surface area contributed by atoms with Crippen LogP contribution in [0.5, 0.6) is 5.75 Å². The van der Waals surface area contributed by atoms with Crippen molar-refractivity contribution in [2.24, 2.45) is 11.7 Å². The van der Waals surface area contributed by atoms with Crippen LogP contribution in [0.3, 0.4) is 0 Å². The maximum absolute atomic E-state index is 12.6. The van der Waals surface area contributed by atoms with Gasteiger partial charge in [-0.25, -0.2) is 0 Å². The Balaban J connectivity index is 2.97. The number of rotatable bonds is 5. The summed E-state index contributed by atoms with van der Waals surface area (Å²) in [6.45, 7) is 2.26. The summed E-state index contributed by atoms with van der Waals surface area (Å²) >= 11 is 0. The predicted molar refractivity (Wildman–Crippen MR) is 64.8 cm³/mol. The third kappa shape index (κ3) is 4.80. The van der Waals surface area contributed by atoms with Crippen LogP contribution in [-0.4, -0.2) is 19.0 Å². The summed E-state index contributed by atoms with van der Waals surface area (Å²) in [5.74, 6) is -3.24. The van der Waals surface area contributed by atoms with E-state index in [9.17, 15) is 26.3 Å². The van der Waals surface area contributed by atoms with E-state index in [1.165, 1.54) is 12.1 Å². The van der Waals surface area contributed by atoms with Crippen molar-refractivity contribution in [2.75, 3.05) is 6.61 Å². The van der Waals surface area contributed by atoms with Gasteiger partial charge in [0.25, 0.3) is 0 Å². The molecule has 0 heterocycles. The van der Waals surface area contributed by atoms with E-state index < -0.39 is 24.3 Å². The van der Waals surface area contributed by atoms with Crippen molar-refractivity contribution in [1.29, 1.82) is 0 Å². The Bertz CT molecular complexity index is 425. The van der Waals surface area contributed by atoms with Gasteiger partial charge in [0.1, 0.15) is 5.75 Å². The van der Waals surface area contributed by atoms with Gasteiger partial charge in [-0.15, -0.1) is 0 Å². The fourth-order valence-electron chi connectivity index (χ4n) is 1.79. The lowest BCUT2D eigenvalue weighted by atomic mass is 9.92. The minimum Gasteiger partial charge on any atom is -0.494 e. The van der Waals surface area contributed by atoms with E-state index in [-0.39, 0.29) is 5.56 Å². The molecule has 0 radical (unpaired) electrons. The van der Waals surface area contributed by atoms with Gasteiger partial charge in [0.2, 0.25) is 0 Å². The van der Waals surface area contributed by atoms with Crippen LogP contribution in [0.2, 0.25) is 0 Å². The average molecular weight is 315 g/mol. The monoisotopic (exact) mass is 315 g/mol. The van der Waals surface area contributed by atoms with E-state index in [1.807, 2.05) is 6.92 Å². The number of hydrogen-bond donors (Lipinski definition) is 1. The van der Waals surface area contributed by atoms with E-state index in [4.69, 9.17) is 10.5 Å². The van der Waals surface area contributed by atoms with Crippen molar-refractivity contribution >= 4 is 0 Å². The molecule has 1 unspecified atom stereocenters. The molecule has 21 heavy (non-hydrogen) atoms. The van der Waals surface area contributed by atoms with Gasteiger partial charge in [-0.1, -0.05) is 19.1 Å². The Hall–Kier alpha value is -1.44. The highest BCUT2D eigenvalue weighted by Gasteiger charge is 2.59. The Morgan fingerprint density at radius 1 is 1.00 bits per heavy atom. The molecule has 0 bridgehead atoms.